The van der Waals surface area contributed by atoms with Crippen LogP contribution in [-0.2, 0) is 11.3 Å². The fourth-order valence-corrected chi connectivity index (χ4v) is 3.33. The van der Waals surface area contributed by atoms with Crippen LogP contribution < -0.4 is 10.6 Å². The van der Waals surface area contributed by atoms with E-state index in [9.17, 15) is 9.59 Å². The first-order valence-electron chi connectivity index (χ1n) is 9.02. The zero-order valence-corrected chi connectivity index (χ0v) is 16.5. The van der Waals surface area contributed by atoms with E-state index in [1.54, 1.807) is 12.1 Å². The van der Waals surface area contributed by atoms with Gasteiger partial charge in [-0.25, -0.2) is 0 Å². The van der Waals surface area contributed by atoms with Crippen LogP contribution in [0.5, 0.6) is 0 Å². The van der Waals surface area contributed by atoms with Gasteiger partial charge in [0.25, 0.3) is 5.91 Å². The molecule has 0 heterocycles. The van der Waals surface area contributed by atoms with Crippen LogP contribution >= 0.6 is 11.8 Å². The quantitative estimate of drug-likeness (QED) is 0.577. The Morgan fingerprint density at radius 1 is 0.893 bits per heavy atom. The number of hydrogen-bond acceptors (Lipinski definition) is 3. The molecular formula is C23H22N2O2S. The number of nitrogens with one attached hydrogen (secondary N) is 2. The molecule has 3 aromatic rings. The lowest BCUT2D eigenvalue weighted by Crippen LogP contribution is -2.24. The van der Waals surface area contributed by atoms with Crippen molar-refractivity contribution >= 4 is 29.3 Å². The summed E-state index contributed by atoms with van der Waals surface area (Å²) in [7, 11) is 0. The number of hydrogen-bond donors (Lipinski definition) is 2. The Morgan fingerprint density at radius 3 is 2.39 bits per heavy atom. The average Bonchev–Trinajstić information content (AvgIpc) is 2.72. The van der Waals surface area contributed by atoms with Crippen molar-refractivity contribution in [2.45, 2.75) is 18.4 Å². The van der Waals surface area contributed by atoms with Crippen molar-refractivity contribution in [2.24, 2.45) is 0 Å². The van der Waals surface area contributed by atoms with Gasteiger partial charge < -0.3 is 10.6 Å². The first-order chi connectivity index (χ1) is 13.6. The minimum absolute atomic E-state index is 0.0250. The van der Waals surface area contributed by atoms with Gasteiger partial charge in [-0.15, -0.1) is 11.8 Å². The highest BCUT2D eigenvalue weighted by Gasteiger charge is 2.07. The van der Waals surface area contributed by atoms with E-state index in [-0.39, 0.29) is 11.8 Å². The van der Waals surface area contributed by atoms with Crippen LogP contribution in [0.2, 0.25) is 0 Å². The van der Waals surface area contributed by atoms with Gasteiger partial charge in [-0.05, 0) is 48.9 Å². The monoisotopic (exact) mass is 390 g/mol. The molecule has 28 heavy (non-hydrogen) atoms. The molecule has 4 nitrogen and oxygen atoms in total. The molecule has 0 atom stereocenters. The minimum atomic E-state index is -0.152. The van der Waals surface area contributed by atoms with E-state index in [0.29, 0.717) is 23.5 Å². The standard InChI is InChI=1S/C23H22N2O2S/c1-17-10-12-19(13-11-17)23(27)25-20-7-5-6-18(14-20)15-24-22(26)16-28-21-8-3-2-4-9-21/h2-14H,15-16H2,1H3,(H,24,26)(H,25,27). The number of carbonyl (C=O) groups is 2. The highest BCUT2D eigenvalue weighted by molar-refractivity contribution is 8.00. The lowest BCUT2D eigenvalue weighted by atomic mass is 10.1. The van der Waals surface area contributed by atoms with Crippen molar-refractivity contribution in [3.63, 3.8) is 0 Å². The van der Waals surface area contributed by atoms with Crippen molar-refractivity contribution in [2.75, 3.05) is 11.1 Å². The molecule has 2 amide bonds. The predicted molar refractivity (Wildman–Crippen MR) is 115 cm³/mol. The van der Waals surface area contributed by atoms with Crippen LogP contribution in [0.25, 0.3) is 0 Å². The largest absolute Gasteiger partial charge is 0.351 e. The SMILES string of the molecule is Cc1ccc(C(=O)Nc2cccc(CNC(=O)CSc3ccccc3)c2)cc1. The third-order valence-electron chi connectivity index (χ3n) is 4.10. The zero-order valence-electron chi connectivity index (χ0n) is 15.6. The number of anilines is 1. The molecule has 0 aliphatic rings. The number of benzene rings is 3. The second-order valence-corrected chi connectivity index (χ2v) is 7.45. The third kappa shape index (κ3) is 5.99. The molecule has 0 bridgehead atoms. The normalized spacial score (nSPS) is 10.3. The van der Waals surface area contributed by atoms with Crippen molar-refractivity contribution in [3.05, 3.63) is 95.6 Å². The van der Waals surface area contributed by atoms with Crippen molar-refractivity contribution in [3.8, 4) is 0 Å². The predicted octanol–water partition coefficient (Wildman–Crippen LogP) is 4.66. The topological polar surface area (TPSA) is 58.2 Å². The van der Waals surface area contributed by atoms with E-state index >= 15 is 0 Å². The number of aryl methyl sites for hydroxylation is 1. The maximum absolute atomic E-state index is 12.3. The Bertz CT molecular complexity index is 940. The third-order valence-corrected chi connectivity index (χ3v) is 5.11. The summed E-state index contributed by atoms with van der Waals surface area (Å²) in [6.07, 6.45) is 0. The van der Waals surface area contributed by atoms with Crippen LogP contribution in [-0.4, -0.2) is 17.6 Å². The van der Waals surface area contributed by atoms with E-state index < -0.39 is 0 Å². The molecule has 3 rings (SSSR count). The maximum Gasteiger partial charge on any atom is 0.255 e. The van der Waals surface area contributed by atoms with Crippen LogP contribution in [0.1, 0.15) is 21.5 Å². The Kier molecular flexibility index (Phi) is 6.87. The lowest BCUT2D eigenvalue weighted by molar-refractivity contribution is -0.118. The summed E-state index contributed by atoms with van der Waals surface area (Å²) in [6.45, 7) is 2.40. The molecule has 0 unspecified atom stereocenters. The Labute approximate surface area is 169 Å². The summed E-state index contributed by atoms with van der Waals surface area (Å²) in [5, 5.41) is 5.81. The number of carbonyl (C=O) groups excluding carboxylic acids is 2. The minimum Gasteiger partial charge on any atom is -0.351 e. The van der Waals surface area contributed by atoms with E-state index in [2.05, 4.69) is 10.6 Å². The van der Waals surface area contributed by atoms with Gasteiger partial charge in [-0.2, -0.15) is 0 Å². The summed E-state index contributed by atoms with van der Waals surface area (Å²) in [5.41, 5.74) is 3.36. The Hall–Kier alpha value is -3.05. The van der Waals surface area contributed by atoms with Gasteiger partial charge in [0, 0.05) is 22.7 Å². The molecule has 3 aromatic carbocycles. The summed E-state index contributed by atoms with van der Waals surface area (Å²) >= 11 is 1.50. The van der Waals surface area contributed by atoms with E-state index in [1.807, 2.05) is 73.7 Å². The smallest absolute Gasteiger partial charge is 0.255 e. The molecule has 5 heteroatoms. The fraction of sp³-hybridized carbons (Fsp3) is 0.130. The van der Waals surface area contributed by atoms with E-state index in [4.69, 9.17) is 0 Å². The summed E-state index contributed by atoms with van der Waals surface area (Å²) in [4.78, 5) is 25.5. The van der Waals surface area contributed by atoms with Crippen LogP contribution in [0, 0.1) is 6.92 Å². The van der Waals surface area contributed by atoms with Crippen molar-refractivity contribution in [1.29, 1.82) is 0 Å². The highest BCUT2D eigenvalue weighted by atomic mass is 32.2. The van der Waals surface area contributed by atoms with E-state index in [0.717, 1.165) is 16.0 Å². The Morgan fingerprint density at radius 2 is 1.64 bits per heavy atom. The van der Waals surface area contributed by atoms with Crippen LogP contribution in [0.4, 0.5) is 5.69 Å². The molecule has 142 valence electrons. The van der Waals surface area contributed by atoms with E-state index in [1.165, 1.54) is 11.8 Å². The summed E-state index contributed by atoms with van der Waals surface area (Å²) in [6, 6.07) is 24.8. The molecular weight excluding hydrogens is 368 g/mol. The van der Waals surface area contributed by atoms with Gasteiger partial charge in [0.2, 0.25) is 5.91 Å². The molecule has 0 saturated heterocycles. The van der Waals surface area contributed by atoms with Gasteiger partial charge >= 0.3 is 0 Å². The highest BCUT2D eigenvalue weighted by Crippen LogP contribution is 2.17. The van der Waals surface area contributed by atoms with Gasteiger partial charge in [-0.3, -0.25) is 9.59 Å². The molecule has 0 saturated carbocycles. The number of amides is 2. The van der Waals surface area contributed by atoms with Gasteiger partial charge in [0.05, 0.1) is 5.75 Å². The van der Waals surface area contributed by atoms with Crippen LogP contribution in [0.15, 0.2) is 83.8 Å². The number of thioether (sulfide) groups is 1. The molecule has 0 radical (unpaired) electrons. The molecule has 0 aliphatic carbocycles. The zero-order chi connectivity index (χ0) is 19.8. The first kappa shape index (κ1) is 19.7. The van der Waals surface area contributed by atoms with Crippen molar-refractivity contribution < 1.29 is 9.59 Å². The first-order valence-corrected chi connectivity index (χ1v) is 10.0. The molecule has 0 aromatic heterocycles. The summed E-state index contributed by atoms with van der Waals surface area (Å²) in [5.74, 6) is 0.191. The maximum atomic E-state index is 12.3. The lowest BCUT2D eigenvalue weighted by Gasteiger charge is -2.09. The Balaban J connectivity index is 1.51. The molecule has 2 N–H and O–H groups in total. The fourth-order valence-electron chi connectivity index (χ4n) is 2.58. The van der Waals surface area contributed by atoms with Gasteiger partial charge in [0.1, 0.15) is 0 Å². The second kappa shape index (κ2) is 9.76. The van der Waals surface area contributed by atoms with Gasteiger partial charge in [0.15, 0.2) is 0 Å². The summed E-state index contributed by atoms with van der Waals surface area (Å²) < 4.78 is 0. The molecule has 0 aliphatic heterocycles. The molecule has 0 fully saturated rings. The van der Waals surface area contributed by atoms with Crippen LogP contribution in [0.3, 0.4) is 0 Å². The van der Waals surface area contributed by atoms with Gasteiger partial charge in [-0.1, -0.05) is 48.0 Å². The molecule has 0 spiro atoms. The average molecular weight is 391 g/mol. The number of rotatable bonds is 7. The second-order valence-electron chi connectivity index (χ2n) is 6.40. The van der Waals surface area contributed by atoms with Crippen molar-refractivity contribution in [1.82, 2.24) is 5.32 Å².